The van der Waals surface area contributed by atoms with Gasteiger partial charge in [0.25, 0.3) is 0 Å². The number of nitrogens with zero attached hydrogens (tertiary/aromatic N) is 1. The first-order valence-electron chi connectivity index (χ1n) is 11.2. The SMILES string of the molecule is CC(C)c1nc(C(C)C)c(CCO)c(-c2ccc(F)cc2)c1/C=C/[C@@H](O)C[C@@H](O)CC(=O)O. The fourth-order valence-corrected chi connectivity index (χ4v) is 3.92. The van der Waals surface area contributed by atoms with Crippen molar-refractivity contribution in [2.24, 2.45) is 0 Å². The second-order valence-corrected chi connectivity index (χ2v) is 8.85. The maximum atomic E-state index is 13.7. The molecular weight excluding hydrogens is 425 g/mol. The maximum Gasteiger partial charge on any atom is 0.305 e. The number of pyridine rings is 1. The molecule has 1 heterocycles. The molecule has 4 N–H and O–H groups in total. The van der Waals surface area contributed by atoms with Crippen LogP contribution in [0.1, 0.15) is 74.9 Å². The summed E-state index contributed by atoms with van der Waals surface area (Å²) < 4.78 is 13.7. The van der Waals surface area contributed by atoms with Crippen LogP contribution in [0.4, 0.5) is 4.39 Å². The summed E-state index contributed by atoms with van der Waals surface area (Å²) in [6.07, 6.45) is 0.803. The monoisotopic (exact) mass is 459 g/mol. The van der Waals surface area contributed by atoms with Crippen molar-refractivity contribution >= 4 is 12.0 Å². The molecule has 2 atom stereocenters. The summed E-state index contributed by atoms with van der Waals surface area (Å²) in [7, 11) is 0. The van der Waals surface area contributed by atoms with Crippen LogP contribution >= 0.6 is 0 Å². The number of rotatable bonds is 11. The highest BCUT2D eigenvalue weighted by Gasteiger charge is 2.23. The molecule has 33 heavy (non-hydrogen) atoms. The number of aliphatic hydroxyl groups is 3. The van der Waals surface area contributed by atoms with E-state index in [4.69, 9.17) is 10.1 Å². The van der Waals surface area contributed by atoms with Crippen LogP contribution in [-0.4, -0.2) is 50.2 Å². The van der Waals surface area contributed by atoms with Crippen molar-refractivity contribution in [3.8, 4) is 11.1 Å². The average molecular weight is 460 g/mol. The van der Waals surface area contributed by atoms with Gasteiger partial charge in [-0.1, -0.05) is 52.0 Å². The van der Waals surface area contributed by atoms with Gasteiger partial charge in [-0.2, -0.15) is 0 Å². The molecule has 2 aromatic rings. The van der Waals surface area contributed by atoms with E-state index in [2.05, 4.69) is 0 Å². The van der Waals surface area contributed by atoms with Gasteiger partial charge < -0.3 is 20.4 Å². The third-order valence-corrected chi connectivity index (χ3v) is 5.39. The Balaban J connectivity index is 2.69. The Bertz CT molecular complexity index is 970. The van der Waals surface area contributed by atoms with Crippen LogP contribution in [0.2, 0.25) is 0 Å². The lowest BCUT2D eigenvalue weighted by Crippen LogP contribution is -2.19. The Morgan fingerprint density at radius 1 is 1.06 bits per heavy atom. The maximum absolute atomic E-state index is 13.7. The molecule has 180 valence electrons. The number of carboxylic acid groups (broad SMARTS) is 1. The molecule has 0 saturated carbocycles. The summed E-state index contributed by atoms with van der Waals surface area (Å²) in [5.41, 5.74) is 4.86. The minimum absolute atomic E-state index is 0.0410. The predicted octanol–water partition coefficient (Wildman–Crippen LogP) is 4.27. The molecular formula is C26H34FNO5. The topological polar surface area (TPSA) is 111 Å². The lowest BCUT2D eigenvalue weighted by atomic mass is 9.85. The fraction of sp³-hybridized carbons (Fsp3) is 0.462. The zero-order valence-corrected chi connectivity index (χ0v) is 19.6. The number of benzene rings is 1. The largest absolute Gasteiger partial charge is 0.481 e. The van der Waals surface area contributed by atoms with Crippen LogP contribution in [0.25, 0.3) is 17.2 Å². The highest BCUT2D eigenvalue weighted by atomic mass is 19.1. The molecule has 0 spiro atoms. The summed E-state index contributed by atoms with van der Waals surface area (Å²) in [6.45, 7) is 8.01. The molecule has 6 nitrogen and oxygen atoms in total. The van der Waals surface area contributed by atoms with Crippen molar-refractivity contribution in [1.82, 2.24) is 4.98 Å². The van der Waals surface area contributed by atoms with E-state index in [1.165, 1.54) is 18.2 Å². The van der Waals surface area contributed by atoms with Crippen LogP contribution in [-0.2, 0) is 11.2 Å². The van der Waals surface area contributed by atoms with Crippen molar-refractivity contribution in [2.75, 3.05) is 6.61 Å². The second kappa shape index (κ2) is 12.0. The van der Waals surface area contributed by atoms with Crippen molar-refractivity contribution in [3.63, 3.8) is 0 Å². The van der Waals surface area contributed by atoms with Gasteiger partial charge in [0.15, 0.2) is 0 Å². The third kappa shape index (κ3) is 7.19. The van der Waals surface area contributed by atoms with Gasteiger partial charge >= 0.3 is 5.97 Å². The molecule has 0 saturated heterocycles. The van der Waals surface area contributed by atoms with Crippen LogP contribution in [0, 0.1) is 5.82 Å². The quantitative estimate of drug-likeness (QED) is 0.399. The Hall–Kier alpha value is -2.61. The summed E-state index contributed by atoms with van der Waals surface area (Å²) in [5.74, 6) is -1.36. The number of aromatic nitrogens is 1. The first-order valence-corrected chi connectivity index (χ1v) is 11.2. The standard InChI is InChI=1S/C26H34FNO5/c1-15(2)25-21(10-9-19(30)13-20(31)14-23(32)33)24(17-5-7-18(27)8-6-17)22(11-12-29)26(28-25)16(3)4/h5-10,15-16,19-20,29-31H,11-14H2,1-4H3,(H,32,33)/b10-9+/t19-,20-/m1/s1. The Morgan fingerprint density at radius 2 is 1.67 bits per heavy atom. The van der Waals surface area contributed by atoms with E-state index in [0.29, 0.717) is 6.42 Å². The molecule has 0 bridgehead atoms. The zero-order chi connectivity index (χ0) is 24.7. The second-order valence-electron chi connectivity index (χ2n) is 8.85. The first kappa shape index (κ1) is 26.6. The Labute approximate surface area is 194 Å². The predicted molar refractivity (Wildman–Crippen MR) is 127 cm³/mol. The minimum Gasteiger partial charge on any atom is -0.481 e. The van der Waals surface area contributed by atoms with Crippen LogP contribution in [0.3, 0.4) is 0 Å². The zero-order valence-electron chi connectivity index (χ0n) is 19.6. The van der Waals surface area contributed by atoms with E-state index in [1.54, 1.807) is 18.2 Å². The number of carboxylic acids is 1. The molecule has 2 rings (SSSR count). The fourth-order valence-electron chi connectivity index (χ4n) is 3.92. The molecule has 0 aliphatic rings. The number of halogens is 1. The van der Waals surface area contributed by atoms with E-state index >= 15 is 0 Å². The highest BCUT2D eigenvalue weighted by Crippen LogP contribution is 2.37. The summed E-state index contributed by atoms with van der Waals surface area (Å²) >= 11 is 0. The number of aliphatic carboxylic acids is 1. The average Bonchev–Trinajstić information content (AvgIpc) is 2.72. The lowest BCUT2D eigenvalue weighted by molar-refractivity contribution is -0.139. The normalized spacial score (nSPS) is 13.8. The van der Waals surface area contributed by atoms with Gasteiger partial charge in [0.2, 0.25) is 0 Å². The van der Waals surface area contributed by atoms with E-state index in [1.807, 2.05) is 27.7 Å². The number of aliphatic hydroxyl groups excluding tert-OH is 3. The smallest absolute Gasteiger partial charge is 0.305 e. The van der Waals surface area contributed by atoms with Gasteiger partial charge in [-0.05, 0) is 47.1 Å². The number of carbonyl (C=O) groups is 1. The summed E-state index contributed by atoms with van der Waals surface area (Å²) in [6, 6.07) is 6.13. The summed E-state index contributed by atoms with van der Waals surface area (Å²) in [5, 5.41) is 38.8. The van der Waals surface area contributed by atoms with Crippen LogP contribution < -0.4 is 0 Å². The van der Waals surface area contributed by atoms with E-state index in [0.717, 1.165) is 33.6 Å². The van der Waals surface area contributed by atoms with Crippen molar-refractivity contribution < 1.29 is 29.6 Å². The molecule has 7 heteroatoms. The van der Waals surface area contributed by atoms with Crippen molar-refractivity contribution in [1.29, 1.82) is 0 Å². The van der Waals surface area contributed by atoms with Gasteiger partial charge in [-0.15, -0.1) is 0 Å². The van der Waals surface area contributed by atoms with Crippen molar-refractivity contribution in [2.45, 2.75) is 71.0 Å². The molecule has 0 aliphatic heterocycles. The Kier molecular flexibility index (Phi) is 9.70. The molecule has 0 aliphatic carbocycles. The van der Waals surface area contributed by atoms with Gasteiger partial charge in [0.1, 0.15) is 5.82 Å². The Morgan fingerprint density at radius 3 is 2.18 bits per heavy atom. The molecule has 0 radical (unpaired) electrons. The van der Waals surface area contributed by atoms with Gasteiger partial charge in [-0.3, -0.25) is 9.78 Å². The lowest BCUT2D eigenvalue weighted by Gasteiger charge is -2.23. The molecule has 1 aromatic carbocycles. The van der Waals surface area contributed by atoms with Crippen molar-refractivity contribution in [3.05, 3.63) is 58.7 Å². The third-order valence-electron chi connectivity index (χ3n) is 5.39. The minimum atomic E-state index is -1.17. The van der Waals surface area contributed by atoms with E-state index in [-0.39, 0.29) is 30.7 Å². The van der Waals surface area contributed by atoms with Gasteiger partial charge in [0, 0.05) is 24.3 Å². The van der Waals surface area contributed by atoms with E-state index in [9.17, 15) is 24.5 Å². The summed E-state index contributed by atoms with van der Waals surface area (Å²) in [4.78, 5) is 15.7. The highest BCUT2D eigenvalue weighted by molar-refractivity contribution is 5.80. The van der Waals surface area contributed by atoms with Gasteiger partial charge in [0.05, 0.1) is 24.3 Å². The van der Waals surface area contributed by atoms with Gasteiger partial charge in [-0.25, -0.2) is 4.39 Å². The van der Waals surface area contributed by atoms with Crippen LogP contribution in [0.5, 0.6) is 0 Å². The van der Waals surface area contributed by atoms with E-state index < -0.39 is 24.6 Å². The van der Waals surface area contributed by atoms with Crippen LogP contribution in [0.15, 0.2) is 30.3 Å². The molecule has 0 fully saturated rings. The molecule has 1 aromatic heterocycles. The molecule has 0 amide bonds. The number of hydrogen-bond donors (Lipinski definition) is 4. The number of hydrogen-bond acceptors (Lipinski definition) is 5. The molecule has 0 unspecified atom stereocenters. The first-order chi connectivity index (χ1) is 15.5.